The predicted octanol–water partition coefficient (Wildman–Crippen LogP) is 4.68. The lowest BCUT2D eigenvalue weighted by Crippen LogP contribution is -2.30. The van der Waals surface area contributed by atoms with Gasteiger partial charge in [-0.25, -0.2) is 0 Å². The van der Waals surface area contributed by atoms with Gasteiger partial charge in [0.05, 0.1) is 6.61 Å². The molecular formula is C21H29NO2. The Morgan fingerprint density at radius 1 is 1.00 bits per heavy atom. The van der Waals surface area contributed by atoms with E-state index in [0.717, 1.165) is 18.9 Å². The molecular weight excluding hydrogens is 298 g/mol. The highest BCUT2D eigenvalue weighted by atomic mass is 16.5. The molecule has 24 heavy (non-hydrogen) atoms. The summed E-state index contributed by atoms with van der Waals surface area (Å²) in [6, 6.07) is 13.5. The smallest absolute Gasteiger partial charge is 0.124 e. The van der Waals surface area contributed by atoms with Gasteiger partial charge in [0, 0.05) is 24.8 Å². The van der Waals surface area contributed by atoms with Gasteiger partial charge in [0.2, 0.25) is 0 Å². The van der Waals surface area contributed by atoms with E-state index in [9.17, 15) is 0 Å². The van der Waals surface area contributed by atoms with Crippen LogP contribution in [0.15, 0.2) is 36.4 Å². The van der Waals surface area contributed by atoms with E-state index < -0.39 is 0 Å². The van der Waals surface area contributed by atoms with Gasteiger partial charge in [-0.05, 0) is 36.6 Å². The van der Waals surface area contributed by atoms with Crippen molar-refractivity contribution in [3.8, 4) is 5.75 Å². The van der Waals surface area contributed by atoms with Crippen molar-refractivity contribution in [2.75, 3.05) is 19.8 Å². The molecule has 1 aliphatic rings. The number of hydrogen-bond acceptors (Lipinski definition) is 3. The van der Waals surface area contributed by atoms with Gasteiger partial charge in [0.15, 0.2) is 0 Å². The second kappa shape index (κ2) is 9.05. The molecule has 0 aromatic heterocycles. The van der Waals surface area contributed by atoms with Crippen molar-refractivity contribution in [2.24, 2.45) is 0 Å². The van der Waals surface area contributed by atoms with Crippen molar-refractivity contribution in [1.82, 2.24) is 5.32 Å². The monoisotopic (exact) mass is 327 g/mol. The third-order valence-electron chi connectivity index (χ3n) is 4.86. The second-order valence-corrected chi connectivity index (χ2v) is 6.52. The van der Waals surface area contributed by atoms with Crippen molar-refractivity contribution in [3.05, 3.63) is 42.0 Å². The first-order valence-electron chi connectivity index (χ1n) is 9.33. The highest BCUT2D eigenvalue weighted by Crippen LogP contribution is 2.29. The van der Waals surface area contributed by atoms with Crippen LogP contribution in [0.4, 0.5) is 0 Å². The van der Waals surface area contributed by atoms with Crippen LogP contribution in [0, 0.1) is 0 Å². The molecule has 0 bridgehead atoms. The van der Waals surface area contributed by atoms with Crippen LogP contribution in [0.25, 0.3) is 10.8 Å². The first-order chi connectivity index (χ1) is 11.9. The molecule has 0 saturated heterocycles. The van der Waals surface area contributed by atoms with Crippen molar-refractivity contribution >= 4 is 10.8 Å². The predicted molar refractivity (Wildman–Crippen MR) is 99.6 cm³/mol. The van der Waals surface area contributed by atoms with Crippen molar-refractivity contribution < 1.29 is 9.47 Å². The zero-order valence-electron chi connectivity index (χ0n) is 14.7. The summed E-state index contributed by atoms with van der Waals surface area (Å²) in [5, 5.41) is 6.32. The van der Waals surface area contributed by atoms with Crippen LogP contribution in [-0.4, -0.2) is 25.9 Å². The zero-order chi connectivity index (χ0) is 16.6. The van der Waals surface area contributed by atoms with Crippen molar-refractivity contribution in [1.29, 1.82) is 0 Å². The van der Waals surface area contributed by atoms with E-state index in [-0.39, 0.29) is 0 Å². The molecule has 3 nitrogen and oxygen atoms in total. The maximum atomic E-state index is 6.02. The summed E-state index contributed by atoms with van der Waals surface area (Å²) in [4.78, 5) is 0. The molecule has 3 rings (SSSR count). The van der Waals surface area contributed by atoms with Crippen LogP contribution < -0.4 is 10.1 Å². The van der Waals surface area contributed by atoms with Gasteiger partial charge in [-0.15, -0.1) is 0 Å². The largest absolute Gasteiger partial charge is 0.491 e. The van der Waals surface area contributed by atoms with Gasteiger partial charge in [-0.2, -0.15) is 0 Å². The van der Waals surface area contributed by atoms with Crippen molar-refractivity contribution in [3.63, 3.8) is 0 Å². The fourth-order valence-electron chi connectivity index (χ4n) is 3.54. The minimum atomic E-state index is 0.600. The maximum Gasteiger partial charge on any atom is 0.124 e. The van der Waals surface area contributed by atoms with Crippen LogP contribution in [0.3, 0.4) is 0 Å². The van der Waals surface area contributed by atoms with E-state index in [1.54, 1.807) is 0 Å². The van der Waals surface area contributed by atoms with Gasteiger partial charge >= 0.3 is 0 Å². The third kappa shape index (κ3) is 4.49. The quantitative estimate of drug-likeness (QED) is 0.714. The van der Waals surface area contributed by atoms with E-state index in [0.29, 0.717) is 19.3 Å². The second-order valence-electron chi connectivity index (χ2n) is 6.52. The van der Waals surface area contributed by atoms with Gasteiger partial charge in [0.1, 0.15) is 12.4 Å². The Hall–Kier alpha value is -1.58. The van der Waals surface area contributed by atoms with E-state index in [1.807, 2.05) is 6.92 Å². The number of nitrogens with one attached hydrogen (secondary N) is 1. The Morgan fingerprint density at radius 2 is 1.83 bits per heavy atom. The molecule has 1 aliphatic carbocycles. The summed E-state index contributed by atoms with van der Waals surface area (Å²) >= 11 is 0. The molecule has 1 saturated carbocycles. The molecule has 0 spiro atoms. The van der Waals surface area contributed by atoms with Gasteiger partial charge in [-0.3, -0.25) is 0 Å². The normalized spacial score (nSPS) is 15.7. The summed E-state index contributed by atoms with van der Waals surface area (Å²) in [6.07, 6.45) is 6.69. The van der Waals surface area contributed by atoms with Crippen molar-refractivity contribution in [2.45, 2.75) is 51.6 Å². The molecule has 3 heteroatoms. The van der Waals surface area contributed by atoms with E-state index >= 15 is 0 Å². The molecule has 0 unspecified atom stereocenters. The zero-order valence-corrected chi connectivity index (χ0v) is 14.7. The summed E-state index contributed by atoms with van der Waals surface area (Å²) in [7, 11) is 0. The Bertz CT molecular complexity index is 635. The first-order valence-corrected chi connectivity index (χ1v) is 9.33. The molecule has 2 aromatic rings. The fraction of sp³-hybridized carbons (Fsp3) is 0.524. The number of hydrogen-bond donors (Lipinski definition) is 1. The van der Waals surface area contributed by atoms with Crippen LogP contribution in [0.5, 0.6) is 5.75 Å². The van der Waals surface area contributed by atoms with Crippen LogP contribution in [-0.2, 0) is 11.3 Å². The van der Waals surface area contributed by atoms with E-state index in [1.165, 1.54) is 48.4 Å². The minimum Gasteiger partial charge on any atom is -0.491 e. The van der Waals surface area contributed by atoms with Crippen LogP contribution in [0.2, 0.25) is 0 Å². The standard InChI is InChI=1S/C21H29NO2/c1-2-23-14-15-24-21-13-12-17-8-6-7-11-19(17)20(21)16-22-18-9-4-3-5-10-18/h6-8,11-13,18,22H,2-5,9-10,14-16H2,1H3. The summed E-state index contributed by atoms with van der Waals surface area (Å²) < 4.78 is 11.4. The van der Waals surface area contributed by atoms with E-state index in [2.05, 4.69) is 41.7 Å². The third-order valence-corrected chi connectivity index (χ3v) is 4.86. The summed E-state index contributed by atoms with van der Waals surface area (Å²) in [6.45, 7) is 4.85. The average molecular weight is 327 g/mol. The number of ether oxygens (including phenoxy) is 2. The minimum absolute atomic E-state index is 0.600. The summed E-state index contributed by atoms with van der Waals surface area (Å²) in [5.41, 5.74) is 1.27. The number of benzene rings is 2. The molecule has 0 atom stereocenters. The average Bonchev–Trinajstić information content (AvgIpc) is 2.64. The maximum absolute atomic E-state index is 6.02. The van der Waals surface area contributed by atoms with Gasteiger partial charge in [0.25, 0.3) is 0 Å². The van der Waals surface area contributed by atoms with Crippen LogP contribution in [0.1, 0.15) is 44.6 Å². The SMILES string of the molecule is CCOCCOc1ccc2ccccc2c1CNC1CCCCC1. The van der Waals surface area contributed by atoms with Gasteiger partial charge < -0.3 is 14.8 Å². The molecule has 1 N–H and O–H groups in total. The Morgan fingerprint density at radius 3 is 2.67 bits per heavy atom. The Labute approximate surface area is 145 Å². The lowest BCUT2D eigenvalue weighted by atomic mass is 9.95. The first kappa shape index (κ1) is 17.2. The topological polar surface area (TPSA) is 30.5 Å². The highest BCUT2D eigenvalue weighted by molar-refractivity contribution is 5.87. The molecule has 0 heterocycles. The molecule has 130 valence electrons. The highest BCUT2D eigenvalue weighted by Gasteiger charge is 2.15. The molecule has 0 aliphatic heterocycles. The Kier molecular flexibility index (Phi) is 6.50. The van der Waals surface area contributed by atoms with E-state index in [4.69, 9.17) is 9.47 Å². The molecule has 0 radical (unpaired) electrons. The lowest BCUT2D eigenvalue weighted by molar-refractivity contribution is 0.110. The fourth-order valence-corrected chi connectivity index (χ4v) is 3.54. The molecule has 2 aromatic carbocycles. The Balaban J connectivity index is 1.75. The van der Waals surface area contributed by atoms with Crippen LogP contribution >= 0.6 is 0 Å². The number of rotatable bonds is 8. The van der Waals surface area contributed by atoms with Gasteiger partial charge in [-0.1, -0.05) is 49.6 Å². The molecule has 0 amide bonds. The molecule has 1 fully saturated rings. The lowest BCUT2D eigenvalue weighted by Gasteiger charge is -2.24. The summed E-state index contributed by atoms with van der Waals surface area (Å²) in [5.74, 6) is 0.983. The number of fused-ring (bicyclic) bond motifs is 1.